The third-order valence-corrected chi connectivity index (χ3v) is 7.34. The molecule has 0 aliphatic heterocycles. The van der Waals surface area contributed by atoms with Crippen molar-refractivity contribution in [1.29, 1.82) is 0 Å². The van der Waals surface area contributed by atoms with Crippen molar-refractivity contribution in [1.82, 2.24) is 9.97 Å². The number of thioether (sulfide) groups is 1. The van der Waals surface area contributed by atoms with E-state index in [4.69, 9.17) is 5.73 Å². The molecule has 6 nitrogen and oxygen atoms in total. The molecule has 4 aromatic rings. The van der Waals surface area contributed by atoms with Crippen LogP contribution in [0, 0.1) is 6.92 Å². The van der Waals surface area contributed by atoms with Crippen LogP contribution in [0.1, 0.15) is 22.8 Å². The number of nitrogens with zero attached hydrogens (tertiary/aromatic N) is 2. The number of carbonyl (C=O) groups is 2. The first-order valence-electron chi connectivity index (χ1n) is 9.08. The largest absolute Gasteiger partial charge is 0.366 e. The van der Waals surface area contributed by atoms with Crippen LogP contribution in [-0.4, -0.2) is 27.0 Å². The van der Waals surface area contributed by atoms with Crippen molar-refractivity contribution in [3.8, 4) is 11.1 Å². The first kappa shape index (κ1) is 20.5. The summed E-state index contributed by atoms with van der Waals surface area (Å²) in [6.07, 6.45) is 1.52. The van der Waals surface area contributed by atoms with E-state index in [1.54, 1.807) is 22.8 Å². The van der Waals surface area contributed by atoms with Crippen molar-refractivity contribution >= 4 is 61.5 Å². The summed E-state index contributed by atoms with van der Waals surface area (Å²) in [7, 11) is 0. The second kappa shape index (κ2) is 8.55. The molecular formula is C21H18N4O2S3. The fourth-order valence-electron chi connectivity index (χ4n) is 2.92. The molecule has 0 aliphatic carbocycles. The molecule has 0 spiro atoms. The van der Waals surface area contributed by atoms with Gasteiger partial charge >= 0.3 is 0 Å². The number of benzene rings is 1. The average molecular weight is 455 g/mol. The minimum Gasteiger partial charge on any atom is -0.366 e. The van der Waals surface area contributed by atoms with Crippen LogP contribution < -0.4 is 11.1 Å². The first-order chi connectivity index (χ1) is 14.4. The van der Waals surface area contributed by atoms with E-state index in [0.717, 1.165) is 26.4 Å². The van der Waals surface area contributed by atoms with Crippen LogP contribution in [0.2, 0.25) is 0 Å². The van der Waals surface area contributed by atoms with Crippen molar-refractivity contribution in [2.75, 3.05) is 5.32 Å². The molecule has 1 atom stereocenters. The number of thiophene rings is 2. The lowest BCUT2D eigenvalue weighted by molar-refractivity contribution is -0.115. The maximum atomic E-state index is 12.7. The number of nitrogens with two attached hydrogens (primary N) is 1. The van der Waals surface area contributed by atoms with Gasteiger partial charge in [0, 0.05) is 10.9 Å². The Hall–Kier alpha value is -2.75. The lowest BCUT2D eigenvalue weighted by atomic mass is 10.1. The normalized spacial score (nSPS) is 12.1. The minimum atomic E-state index is -0.564. The third-order valence-electron chi connectivity index (χ3n) is 4.52. The smallest absolute Gasteiger partial charge is 0.251 e. The van der Waals surface area contributed by atoms with E-state index in [2.05, 4.69) is 51.9 Å². The van der Waals surface area contributed by atoms with Crippen LogP contribution in [0.25, 0.3) is 21.3 Å². The topological polar surface area (TPSA) is 98.0 Å². The van der Waals surface area contributed by atoms with E-state index >= 15 is 0 Å². The summed E-state index contributed by atoms with van der Waals surface area (Å²) in [5, 5.41) is 8.33. The first-order valence-corrected chi connectivity index (χ1v) is 11.7. The van der Waals surface area contributed by atoms with Gasteiger partial charge in [0.15, 0.2) is 0 Å². The Morgan fingerprint density at radius 3 is 2.63 bits per heavy atom. The fraction of sp³-hybridized carbons (Fsp3) is 0.143. The zero-order valence-electron chi connectivity index (χ0n) is 16.2. The minimum absolute atomic E-state index is 0.219. The summed E-state index contributed by atoms with van der Waals surface area (Å²) in [6.45, 7) is 3.86. The summed E-state index contributed by atoms with van der Waals surface area (Å²) in [4.78, 5) is 34.0. The average Bonchev–Trinajstić information content (AvgIpc) is 3.36. The van der Waals surface area contributed by atoms with Gasteiger partial charge in [0.05, 0.1) is 16.2 Å². The monoisotopic (exact) mass is 454 g/mol. The number of primary amides is 1. The van der Waals surface area contributed by atoms with Gasteiger partial charge in [0.2, 0.25) is 5.91 Å². The standard InChI is InChI=1S/C21H18N4O2S3/c1-11-3-5-13(6-4-11)15-9-29-20-16(15)21(24-10-23-20)30-12(2)18(27)25-19-14(17(22)26)7-8-28-19/h3-10,12H,1-2H3,(H2,22,26)(H,25,27)/t12-/m1/s1. The Labute approximate surface area is 185 Å². The van der Waals surface area contributed by atoms with Gasteiger partial charge < -0.3 is 11.1 Å². The molecule has 3 heterocycles. The summed E-state index contributed by atoms with van der Waals surface area (Å²) in [6, 6.07) is 9.91. The van der Waals surface area contributed by atoms with E-state index < -0.39 is 11.2 Å². The van der Waals surface area contributed by atoms with Crippen LogP contribution in [0.5, 0.6) is 0 Å². The maximum Gasteiger partial charge on any atom is 0.251 e. The molecule has 152 valence electrons. The molecule has 1 aromatic carbocycles. The number of rotatable bonds is 6. The van der Waals surface area contributed by atoms with Crippen LogP contribution in [-0.2, 0) is 4.79 Å². The Morgan fingerprint density at radius 1 is 1.13 bits per heavy atom. The van der Waals surface area contributed by atoms with E-state index in [1.807, 2.05) is 6.92 Å². The van der Waals surface area contributed by atoms with Crippen LogP contribution in [0.4, 0.5) is 5.00 Å². The Kier molecular flexibility index (Phi) is 5.85. The molecule has 3 N–H and O–H groups in total. The fourth-order valence-corrected chi connectivity index (χ4v) is 5.63. The number of hydrogen-bond donors (Lipinski definition) is 2. The van der Waals surface area contributed by atoms with Crippen molar-refractivity contribution in [3.05, 3.63) is 58.5 Å². The van der Waals surface area contributed by atoms with Gasteiger partial charge in [0.1, 0.15) is 21.2 Å². The Balaban J connectivity index is 1.61. The number of aromatic nitrogens is 2. The lowest BCUT2D eigenvalue weighted by Gasteiger charge is -2.12. The van der Waals surface area contributed by atoms with Crippen LogP contribution in [0.3, 0.4) is 0 Å². The number of aryl methyl sites for hydroxylation is 1. The molecule has 30 heavy (non-hydrogen) atoms. The van der Waals surface area contributed by atoms with Crippen LogP contribution in [0.15, 0.2) is 52.4 Å². The Morgan fingerprint density at radius 2 is 1.90 bits per heavy atom. The zero-order chi connectivity index (χ0) is 21.3. The molecule has 0 saturated heterocycles. The van der Waals surface area contributed by atoms with Gasteiger partial charge in [-0.15, -0.1) is 22.7 Å². The molecule has 2 amide bonds. The molecule has 0 saturated carbocycles. The van der Waals surface area contributed by atoms with Gasteiger partial charge in [-0.1, -0.05) is 41.6 Å². The van der Waals surface area contributed by atoms with Crippen molar-refractivity contribution in [2.24, 2.45) is 5.73 Å². The molecule has 0 bridgehead atoms. The third kappa shape index (κ3) is 4.09. The summed E-state index contributed by atoms with van der Waals surface area (Å²) >= 11 is 4.19. The van der Waals surface area contributed by atoms with Crippen molar-refractivity contribution in [2.45, 2.75) is 24.1 Å². The molecule has 4 rings (SSSR count). The quantitative estimate of drug-likeness (QED) is 0.317. The summed E-state index contributed by atoms with van der Waals surface area (Å²) in [5.41, 5.74) is 9.01. The van der Waals surface area contributed by atoms with E-state index in [-0.39, 0.29) is 5.91 Å². The molecular weight excluding hydrogens is 436 g/mol. The zero-order valence-corrected chi connectivity index (χ0v) is 18.7. The summed E-state index contributed by atoms with van der Waals surface area (Å²) < 4.78 is 0. The Bertz CT molecular complexity index is 1230. The number of carbonyl (C=O) groups excluding carboxylic acids is 2. The predicted octanol–water partition coefficient (Wildman–Crippen LogP) is 4.95. The second-order valence-electron chi connectivity index (χ2n) is 6.65. The molecule has 0 fully saturated rings. The van der Waals surface area contributed by atoms with Gasteiger partial charge in [-0.05, 0) is 30.9 Å². The van der Waals surface area contributed by atoms with Crippen LogP contribution >= 0.6 is 34.4 Å². The summed E-state index contributed by atoms with van der Waals surface area (Å²) in [5.74, 6) is -0.783. The highest BCUT2D eigenvalue weighted by atomic mass is 32.2. The highest BCUT2D eigenvalue weighted by molar-refractivity contribution is 8.00. The van der Waals surface area contributed by atoms with E-state index in [0.29, 0.717) is 10.6 Å². The number of anilines is 1. The molecule has 3 aromatic heterocycles. The SMILES string of the molecule is Cc1ccc(-c2csc3ncnc(S[C@H](C)C(=O)Nc4sccc4C(N)=O)c23)cc1. The number of hydrogen-bond acceptors (Lipinski definition) is 7. The van der Waals surface area contributed by atoms with Crippen molar-refractivity contribution in [3.63, 3.8) is 0 Å². The molecule has 0 unspecified atom stereocenters. The van der Waals surface area contributed by atoms with E-state index in [9.17, 15) is 9.59 Å². The number of amides is 2. The highest BCUT2D eigenvalue weighted by Gasteiger charge is 2.21. The maximum absolute atomic E-state index is 12.7. The van der Waals surface area contributed by atoms with Crippen molar-refractivity contribution < 1.29 is 9.59 Å². The van der Waals surface area contributed by atoms with E-state index in [1.165, 1.54) is 35.0 Å². The van der Waals surface area contributed by atoms with Gasteiger partial charge in [0.25, 0.3) is 5.91 Å². The highest BCUT2D eigenvalue weighted by Crippen LogP contribution is 2.39. The van der Waals surface area contributed by atoms with Gasteiger partial charge in [-0.3, -0.25) is 9.59 Å². The predicted molar refractivity (Wildman–Crippen MR) is 124 cm³/mol. The number of nitrogens with one attached hydrogen (secondary N) is 1. The molecule has 0 radical (unpaired) electrons. The lowest BCUT2D eigenvalue weighted by Crippen LogP contribution is -2.23. The molecule has 0 aliphatic rings. The molecule has 9 heteroatoms. The number of fused-ring (bicyclic) bond motifs is 1. The van der Waals surface area contributed by atoms with Gasteiger partial charge in [-0.25, -0.2) is 9.97 Å². The van der Waals surface area contributed by atoms with Gasteiger partial charge in [-0.2, -0.15) is 0 Å². The second-order valence-corrected chi connectivity index (χ2v) is 9.76.